The molecule has 12 heavy (non-hydrogen) atoms. The first-order valence-electron chi connectivity index (χ1n) is 4.66. The van der Waals surface area contributed by atoms with Crippen molar-refractivity contribution in [2.45, 2.75) is 39.6 Å². The minimum atomic E-state index is -0.714. The van der Waals surface area contributed by atoms with E-state index in [0.29, 0.717) is 6.61 Å². The van der Waals surface area contributed by atoms with Crippen molar-refractivity contribution in [2.75, 3.05) is 20.3 Å². The Labute approximate surface area is 75.0 Å². The van der Waals surface area contributed by atoms with Gasteiger partial charge in [-0.15, -0.1) is 0 Å². The van der Waals surface area contributed by atoms with Gasteiger partial charge < -0.3 is 14.2 Å². The molecule has 1 saturated heterocycles. The molecule has 3 heteroatoms. The number of hydrogen-bond acceptors (Lipinski definition) is 3. The van der Waals surface area contributed by atoms with Gasteiger partial charge in [-0.2, -0.15) is 0 Å². The maximum atomic E-state index is 5.30. The van der Waals surface area contributed by atoms with Crippen molar-refractivity contribution in [3.05, 3.63) is 0 Å². The summed E-state index contributed by atoms with van der Waals surface area (Å²) < 4.78 is 15.7. The standard InChI is InChI=1S/C7H14O3.C2H6/c1-3-9-7(8-2)5-4-6-10-7;1-2/h3-6H2,1-2H3;1-2H3. The van der Waals surface area contributed by atoms with Gasteiger partial charge in [0.05, 0.1) is 6.61 Å². The SMILES string of the molecule is CC.CCOC1(OC)CCCO1. The summed E-state index contributed by atoms with van der Waals surface area (Å²) in [6.45, 7) is 7.31. The summed E-state index contributed by atoms with van der Waals surface area (Å²) in [5.74, 6) is -0.714. The zero-order valence-electron chi connectivity index (χ0n) is 8.55. The Bertz CT molecular complexity index is 97.9. The van der Waals surface area contributed by atoms with Crippen molar-refractivity contribution in [3.8, 4) is 0 Å². The Hall–Kier alpha value is -0.120. The fourth-order valence-electron chi connectivity index (χ4n) is 1.14. The summed E-state index contributed by atoms with van der Waals surface area (Å²) in [6, 6.07) is 0. The predicted octanol–water partition coefficient (Wildman–Crippen LogP) is 2.16. The van der Waals surface area contributed by atoms with Crippen LogP contribution in [0, 0.1) is 0 Å². The zero-order chi connectivity index (χ0) is 9.45. The maximum Gasteiger partial charge on any atom is 0.282 e. The molecule has 0 saturated carbocycles. The molecule has 0 amide bonds. The molecule has 0 aliphatic carbocycles. The number of ether oxygens (including phenoxy) is 3. The lowest BCUT2D eigenvalue weighted by Gasteiger charge is -2.25. The van der Waals surface area contributed by atoms with Crippen molar-refractivity contribution >= 4 is 0 Å². The minimum Gasteiger partial charge on any atom is -0.331 e. The predicted molar refractivity (Wildman–Crippen MR) is 47.9 cm³/mol. The van der Waals surface area contributed by atoms with Crippen LogP contribution in [0.15, 0.2) is 0 Å². The molecule has 1 aliphatic rings. The van der Waals surface area contributed by atoms with Gasteiger partial charge in [-0.05, 0) is 13.3 Å². The van der Waals surface area contributed by atoms with E-state index in [1.54, 1.807) is 7.11 Å². The van der Waals surface area contributed by atoms with Crippen LogP contribution in [0.5, 0.6) is 0 Å². The van der Waals surface area contributed by atoms with Crippen molar-refractivity contribution in [1.82, 2.24) is 0 Å². The Kier molecular flexibility index (Phi) is 6.34. The van der Waals surface area contributed by atoms with Crippen LogP contribution in [-0.4, -0.2) is 26.3 Å². The molecule has 0 aromatic rings. The van der Waals surface area contributed by atoms with Crippen LogP contribution in [0.4, 0.5) is 0 Å². The molecule has 0 bridgehead atoms. The average molecular weight is 176 g/mol. The van der Waals surface area contributed by atoms with Crippen molar-refractivity contribution in [3.63, 3.8) is 0 Å². The first-order chi connectivity index (χ1) is 5.83. The average Bonchev–Trinajstić information content (AvgIpc) is 2.58. The van der Waals surface area contributed by atoms with E-state index >= 15 is 0 Å². The van der Waals surface area contributed by atoms with Gasteiger partial charge in [-0.1, -0.05) is 13.8 Å². The molecular formula is C9H20O3. The monoisotopic (exact) mass is 176 g/mol. The Morgan fingerprint density at radius 2 is 2.08 bits per heavy atom. The van der Waals surface area contributed by atoms with E-state index in [2.05, 4.69) is 0 Å². The molecule has 74 valence electrons. The van der Waals surface area contributed by atoms with Crippen LogP contribution in [0.3, 0.4) is 0 Å². The third-order valence-corrected chi connectivity index (χ3v) is 1.62. The van der Waals surface area contributed by atoms with E-state index in [9.17, 15) is 0 Å². The molecule has 0 N–H and O–H groups in total. The second kappa shape index (κ2) is 6.40. The maximum absolute atomic E-state index is 5.30. The highest BCUT2D eigenvalue weighted by molar-refractivity contribution is 4.63. The van der Waals surface area contributed by atoms with Gasteiger partial charge >= 0.3 is 0 Å². The van der Waals surface area contributed by atoms with Crippen LogP contribution < -0.4 is 0 Å². The molecule has 1 rings (SSSR count). The first kappa shape index (κ1) is 11.9. The third-order valence-electron chi connectivity index (χ3n) is 1.62. The molecular weight excluding hydrogens is 156 g/mol. The third kappa shape index (κ3) is 3.09. The molecule has 1 heterocycles. The van der Waals surface area contributed by atoms with Gasteiger partial charge in [0.1, 0.15) is 0 Å². The lowest BCUT2D eigenvalue weighted by atomic mass is 10.3. The highest BCUT2D eigenvalue weighted by Gasteiger charge is 2.35. The van der Waals surface area contributed by atoms with E-state index in [1.807, 2.05) is 20.8 Å². The van der Waals surface area contributed by atoms with Crippen LogP contribution in [0.1, 0.15) is 33.6 Å². The summed E-state index contributed by atoms with van der Waals surface area (Å²) in [6.07, 6.45) is 1.87. The van der Waals surface area contributed by atoms with Crippen LogP contribution in [-0.2, 0) is 14.2 Å². The van der Waals surface area contributed by atoms with Crippen LogP contribution in [0.25, 0.3) is 0 Å². The molecule has 0 aromatic carbocycles. The molecule has 3 nitrogen and oxygen atoms in total. The Morgan fingerprint density at radius 1 is 1.42 bits per heavy atom. The van der Waals surface area contributed by atoms with E-state index in [1.165, 1.54) is 0 Å². The second-order valence-corrected chi connectivity index (χ2v) is 2.27. The van der Waals surface area contributed by atoms with E-state index in [-0.39, 0.29) is 0 Å². The zero-order valence-corrected chi connectivity index (χ0v) is 8.55. The molecule has 0 spiro atoms. The number of hydrogen-bond donors (Lipinski definition) is 0. The fraction of sp³-hybridized carbons (Fsp3) is 1.00. The van der Waals surface area contributed by atoms with Gasteiger partial charge in [0, 0.05) is 20.1 Å². The second-order valence-electron chi connectivity index (χ2n) is 2.27. The molecule has 1 fully saturated rings. The molecule has 1 atom stereocenters. The number of rotatable bonds is 3. The highest BCUT2D eigenvalue weighted by Crippen LogP contribution is 2.27. The van der Waals surface area contributed by atoms with Gasteiger partial charge in [-0.25, -0.2) is 0 Å². The lowest BCUT2D eigenvalue weighted by Crippen LogP contribution is -2.33. The summed E-state index contributed by atoms with van der Waals surface area (Å²) in [7, 11) is 1.61. The van der Waals surface area contributed by atoms with E-state index < -0.39 is 5.97 Å². The Balaban J connectivity index is 0.000000561. The largest absolute Gasteiger partial charge is 0.331 e. The topological polar surface area (TPSA) is 27.7 Å². The lowest BCUT2D eigenvalue weighted by molar-refractivity contribution is -0.349. The fourth-order valence-corrected chi connectivity index (χ4v) is 1.14. The smallest absolute Gasteiger partial charge is 0.282 e. The summed E-state index contributed by atoms with van der Waals surface area (Å²) in [5, 5.41) is 0. The number of methoxy groups -OCH3 is 1. The van der Waals surface area contributed by atoms with Gasteiger partial charge in [-0.3, -0.25) is 0 Å². The highest BCUT2D eigenvalue weighted by atomic mass is 16.9. The molecule has 0 aromatic heterocycles. The van der Waals surface area contributed by atoms with Crippen molar-refractivity contribution < 1.29 is 14.2 Å². The first-order valence-corrected chi connectivity index (χ1v) is 4.66. The molecule has 1 unspecified atom stereocenters. The van der Waals surface area contributed by atoms with E-state index in [0.717, 1.165) is 19.4 Å². The summed E-state index contributed by atoms with van der Waals surface area (Å²) in [4.78, 5) is 0. The van der Waals surface area contributed by atoms with Gasteiger partial charge in [0.15, 0.2) is 0 Å². The van der Waals surface area contributed by atoms with Crippen molar-refractivity contribution in [2.24, 2.45) is 0 Å². The van der Waals surface area contributed by atoms with Crippen LogP contribution in [0.2, 0.25) is 0 Å². The minimum absolute atomic E-state index is 0.633. The normalized spacial score (nSPS) is 28.0. The Morgan fingerprint density at radius 3 is 2.42 bits per heavy atom. The van der Waals surface area contributed by atoms with E-state index in [4.69, 9.17) is 14.2 Å². The molecule has 0 radical (unpaired) electrons. The quantitative estimate of drug-likeness (QED) is 0.617. The van der Waals surface area contributed by atoms with Crippen molar-refractivity contribution in [1.29, 1.82) is 0 Å². The summed E-state index contributed by atoms with van der Waals surface area (Å²) in [5.41, 5.74) is 0. The van der Waals surface area contributed by atoms with Gasteiger partial charge in [0.2, 0.25) is 0 Å². The molecule has 1 aliphatic heterocycles. The summed E-state index contributed by atoms with van der Waals surface area (Å²) >= 11 is 0. The van der Waals surface area contributed by atoms with Gasteiger partial charge in [0.25, 0.3) is 5.97 Å². The van der Waals surface area contributed by atoms with Crippen LogP contribution >= 0.6 is 0 Å².